The normalized spacial score (nSPS) is 8.93. The van der Waals surface area contributed by atoms with Gasteiger partial charge in [-0.1, -0.05) is 11.2 Å². The van der Waals surface area contributed by atoms with Gasteiger partial charge in [-0.15, -0.1) is 0 Å². The van der Waals surface area contributed by atoms with Crippen molar-refractivity contribution in [2.24, 2.45) is 5.11 Å². The fourth-order valence-electron chi connectivity index (χ4n) is 0.865. The van der Waals surface area contributed by atoms with Crippen LogP contribution in [0.1, 0.15) is 10.4 Å². The lowest BCUT2D eigenvalue weighted by Crippen LogP contribution is -1.97. The number of benzene rings is 1. The van der Waals surface area contributed by atoms with Crippen molar-refractivity contribution in [1.29, 1.82) is 0 Å². The quantitative estimate of drug-likeness (QED) is 0.402. The molecular weight excluding hydrogens is 301 g/mol. The smallest absolute Gasteiger partial charge is 0.339 e. The van der Waals surface area contributed by atoms with Crippen molar-refractivity contribution in [3.8, 4) is 5.75 Å². The molecule has 1 rings (SSSR count). The van der Waals surface area contributed by atoms with Gasteiger partial charge < -0.3 is 8.17 Å². The summed E-state index contributed by atoms with van der Waals surface area (Å²) in [6.07, 6.45) is 0. The standard InChI is InChI=1S/C7H4IN3O3/c8-14-6-3-4(10-11-9)1-2-5(6)7(12)13/h1-3H,(H,12,13). The van der Waals surface area contributed by atoms with E-state index in [1.807, 2.05) is 0 Å². The second-order valence-electron chi connectivity index (χ2n) is 2.25. The van der Waals surface area contributed by atoms with Crippen LogP contribution in [0.15, 0.2) is 23.3 Å². The summed E-state index contributed by atoms with van der Waals surface area (Å²) in [4.78, 5) is 13.2. The van der Waals surface area contributed by atoms with E-state index in [1.165, 1.54) is 18.2 Å². The van der Waals surface area contributed by atoms with E-state index >= 15 is 0 Å². The van der Waals surface area contributed by atoms with Crippen molar-refractivity contribution in [2.45, 2.75) is 0 Å². The van der Waals surface area contributed by atoms with Crippen LogP contribution in [0, 0.1) is 0 Å². The third-order valence-electron chi connectivity index (χ3n) is 1.44. The minimum Gasteiger partial charge on any atom is -0.478 e. The van der Waals surface area contributed by atoms with Gasteiger partial charge in [-0.3, -0.25) is 0 Å². The van der Waals surface area contributed by atoms with E-state index in [0.29, 0.717) is 5.69 Å². The lowest BCUT2D eigenvalue weighted by molar-refractivity contribution is 0.0695. The maximum Gasteiger partial charge on any atom is 0.339 e. The van der Waals surface area contributed by atoms with Gasteiger partial charge in [-0.2, -0.15) is 0 Å². The summed E-state index contributed by atoms with van der Waals surface area (Å²) in [7, 11) is 0. The minimum absolute atomic E-state index is 0.0243. The predicted octanol–water partition coefficient (Wildman–Crippen LogP) is 3.06. The van der Waals surface area contributed by atoms with Crippen LogP contribution in [0.4, 0.5) is 5.69 Å². The summed E-state index contributed by atoms with van der Waals surface area (Å²) in [5.41, 5.74) is 8.49. The van der Waals surface area contributed by atoms with E-state index in [4.69, 9.17) is 13.7 Å². The molecule has 0 fully saturated rings. The summed E-state index contributed by atoms with van der Waals surface area (Å²) in [6.45, 7) is 0. The average Bonchev–Trinajstić information content (AvgIpc) is 2.17. The number of aromatic carboxylic acids is 1. The van der Waals surface area contributed by atoms with E-state index in [2.05, 4.69) is 10.0 Å². The Morgan fingerprint density at radius 3 is 2.86 bits per heavy atom. The number of rotatable bonds is 3. The Morgan fingerprint density at radius 1 is 1.64 bits per heavy atom. The average molecular weight is 305 g/mol. The number of carboxylic acid groups (broad SMARTS) is 1. The molecule has 0 aromatic heterocycles. The molecule has 0 aliphatic rings. The zero-order chi connectivity index (χ0) is 10.6. The molecule has 7 heteroatoms. The van der Waals surface area contributed by atoms with Gasteiger partial charge in [0.05, 0.1) is 0 Å². The summed E-state index contributed by atoms with van der Waals surface area (Å²) in [5, 5.41) is 12.1. The zero-order valence-corrected chi connectivity index (χ0v) is 8.87. The Bertz CT molecular complexity index is 415. The molecule has 0 amide bonds. The van der Waals surface area contributed by atoms with Crippen molar-refractivity contribution in [2.75, 3.05) is 0 Å². The molecule has 1 aromatic carbocycles. The van der Waals surface area contributed by atoms with E-state index in [1.54, 1.807) is 23.0 Å². The molecule has 0 aliphatic carbocycles. The second kappa shape index (κ2) is 4.68. The van der Waals surface area contributed by atoms with Crippen LogP contribution in [0.3, 0.4) is 0 Å². The third kappa shape index (κ3) is 2.27. The van der Waals surface area contributed by atoms with Gasteiger partial charge in [0.1, 0.15) is 11.3 Å². The Hall–Kier alpha value is -1.47. The fourth-order valence-corrected chi connectivity index (χ4v) is 1.23. The van der Waals surface area contributed by atoms with E-state index in [-0.39, 0.29) is 11.3 Å². The maximum absolute atomic E-state index is 10.7. The molecule has 1 aromatic rings. The van der Waals surface area contributed by atoms with Gasteiger partial charge in [-0.25, -0.2) is 4.79 Å². The van der Waals surface area contributed by atoms with Crippen molar-refractivity contribution >= 4 is 34.7 Å². The SMILES string of the molecule is [N-]=[N+]=Nc1ccc(C(=O)O)c(OI)c1. The molecule has 0 saturated carbocycles. The van der Waals surface area contributed by atoms with Crippen molar-refractivity contribution in [1.82, 2.24) is 0 Å². The van der Waals surface area contributed by atoms with Crippen LogP contribution in [-0.2, 0) is 0 Å². The molecule has 0 bridgehead atoms. The summed E-state index contributed by atoms with van der Waals surface area (Å²) in [5.74, 6) is -0.938. The van der Waals surface area contributed by atoms with Gasteiger partial charge in [0.15, 0.2) is 23.0 Å². The molecule has 72 valence electrons. The Morgan fingerprint density at radius 2 is 2.36 bits per heavy atom. The summed E-state index contributed by atoms with van der Waals surface area (Å²) in [6, 6.07) is 4.08. The number of carbonyl (C=O) groups is 1. The number of nitrogens with zero attached hydrogens (tertiary/aromatic N) is 3. The molecule has 0 heterocycles. The zero-order valence-electron chi connectivity index (χ0n) is 6.72. The van der Waals surface area contributed by atoms with Gasteiger partial charge >= 0.3 is 5.97 Å². The second-order valence-corrected chi connectivity index (χ2v) is 2.69. The highest BCUT2D eigenvalue weighted by molar-refractivity contribution is 14.1. The van der Waals surface area contributed by atoms with Gasteiger partial charge in [0, 0.05) is 10.6 Å². The molecule has 0 saturated heterocycles. The fraction of sp³-hybridized carbons (Fsp3) is 0. The highest BCUT2D eigenvalue weighted by atomic mass is 127. The van der Waals surface area contributed by atoms with Gasteiger partial charge in [0.25, 0.3) is 0 Å². The lowest BCUT2D eigenvalue weighted by Gasteiger charge is -2.02. The topological polar surface area (TPSA) is 95.3 Å². The highest BCUT2D eigenvalue weighted by Crippen LogP contribution is 2.26. The van der Waals surface area contributed by atoms with Crippen molar-refractivity contribution in [3.05, 3.63) is 34.2 Å². The van der Waals surface area contributed by atoms with Crippen LogP contribution < -0.4 is 3.07 Å². The molecule has 0 unspecified atom stereocenters. The van der Waals surface area contributed by atoms with Crippen molar-refractivity contribution in [3.63, 3.8) is 0 Å². The van der Waals surface area contributed by atoms with Crippen LogP contribution in [0.2, 0.25) is 0 Å². The molecule has 0 spiro atoms. The van der Waals surface area contributed by atoms with Crippen LogP contribution in [0.5, 0.6) is 5.75 Å². The first kappa shape index (κ1) is 10.6. The van der Waals surface area contributed by atoms with E-state index in [0.717, 1.165) is 0 Å². The lowest BCUT2D eigenvalue weighted by atomic mass is 10.2. The highest BCUT2D eigenvalue weighted by Gasteiger charge is 2.10. The van der Waals surface area contributed by atoms with Gasteiger partial charge in [-0.05, 0) is 17.7 Å². The molecule has 14 heavy (non-hydrogen) atoms. The molecule has 1 N–H and O–H groups in total. The van der Waals surface area contributed by atoms with Crippen molar-refractivity contribution < 1.29 is 13.0 Å². The predicted molar refractivity (Wildman–Crippen MR) is 56.9 cm³/mol. The van der Waals surface area contributed by atoms with Crippen LogP contribution in [0.25, 0.3) is 10.4 Å². The number of hydrogen-bond donors (Lipinski definition) is 1. The maximum atomic E-state index is 10.7. The molecule has 0 aliphatic heterocycles. The monoisotopic (exact) mass is 305 g/mol. The number of azide groups is 1. The van der Waals surface area contributed by atoms with Crippen LogP contribution in [-0.4, -0.2) is 11.1 Å². The number of halogens is 1. The van der Waals surface area contributed by atoms with Gasteiger partial charge in [0.2, 0.25) is 0 Å². The number of hydrogen-bond acceptors (Lipinski definition) is 3. The van der Waals surface area contributed by atoms with Crippen LogP contribution >= 0.6 is 23.0 Å². The first-order valence-corrected chi connectivity index (χ1v) is 4.28. The molecular formula is C7H4IN3O3. The number of carboxylic acids is 1. The molecule has 0 radical (unpaired) electrons. The molecule has 0 atom stereocenters. The summed E-state index contributed by atoms with van der Waals surface area (Å²) < 4.78 is 4.80. The summed E-state index contributed by atoms with van der Waals surface area (Å²) >= 11 is 1.56. The first-order valence-electron chi connectivity index (χ1n) is 3.40. The Labute approximate surface area is 92.8 Å². The third-order valence-corrected chi connectivity index (χ3v) is 1.91. The minimum atomic E-state index is -1.09. The van der Waals surface area contributed by atoms with E-state index < -0.39 is 5.97 Å². The molecule has 6 nitrogen and oxygen atoms in total. The first-order chi connectivity index (χ1) is 6.69. The Balaban J connectivity index is 3.24. The largest absolute Gasteiger partial charge is 0.478 e. The van der Waals surface area contributed by atoms with E-state index in [9.17, 15) is 4.79 Å². The Kier molecular flexibility index (Phi) is 3.55.